The molecular weight excluding hydrogens is 192 g/mol. The van der Waals surface area contributed by atoms with Crippen molar-refractivity contribution in [1.29, 1.82) is 0 Å². The van der Waals surface area contributed by atoms with Crippen molar-refractivity contribution < 1.29 is 33.2 Å². The molecule has 4 heteroatoms. The number of hydrogen-bond donors (Lipinski definition) is 0. The van der Waals surface area contributed by atoms with Gasteiger partial charge in [-0.15, -0.1) is 0 Å². The van der Waals surface area contributed by atoms with Crippen LogP contribution in [0.1, 0.15) is 13.3 Å². The summed E-state index contributed by atoms with van der Waals surface area (Å²) in [5.74, 6) is -0.638. The van der Waals surface area contributed by atoms with Crippen LogP contribution in [-0.2, 0) is 33.2 Å². The van der Waals surface area contributed by atoms with Gasteiger partial charge in [-0.25, -0.2) is 0 Å². The van der Waals surface area contributed by atoms with Crippen LogP contribution in [0.4, 0.5) is 0 Å². The zero-order valence-corrected chi connectivity index (χ0v) is 6.35. The Bertz CT molecular complexity index is 110. The van der Waals surface area contributed by atoms with E-state index in [2.05, 4.69) is 3.39 Å². The molecule has 0 aliphatic rings. The molecule has 0 radical (unpaired) electrons. The van der Waals surface area contributed by atoms with Gasteiger partial charge in [0.1, 0.15) is 0 Å². The van der Waals surface area contributed by atoms with E-state index in [9.17, 15) is 9.59 Å². The fourth-order valence-corrected chi connectivity index (χ4v) is 0.378. The van der Waals surface area contributed by atoms with Crippen molar-refractivity contribution in [2.24, 2.45) is 0 Å². The fourth-order valence-electron chi connectivity index (χ4n) is 0.233. The van der Waals surface area contributed by atoms with E-state index >= 15 is 0 Å². The third-order valence-corrected chi connectivity index (χ3v) is 0.943. The van der Waals surface area contributed by atoms with E-state index in [0.717, 1.165) is 0 Å². The molecule has 0 aromatic heterocycles. The van der Waals surface area contributed by atoms with Crippen molar-refractivity contribution in [1.82, 2.24) is 0 Å². The Hall–Kier alpha value is -0.172. The van der Waals surface area contributed by atoms with E-state index < -0.39 is 5.97 Å². The van der Waals surface area contributed by atoms with E-state index in [0.29, 0.717) is 0 Å². The molecule has 45 valence electrons. The molecule has 0 amide bonds. The molecule has 0 aromatic rings. The predicted molar refractivity (Wildman–Crippen MR) is 21.4 cm³/mol. The second-order valence-corrected chi connectivity index (χ2v) is 1.74. The molecule has 0 N–H and O–H groups in total. The quantitative estimate of drug-likeness (QED) is 0.461. The zero-order chi connectivity index (χ0) is 6.57. The Morgan fingerprint density at radius 1 is 1.62 bits per heavy atom. The standard InChI is InChI=1S/C4H6O3.Mo/c1-3(5)2-4(6)7;/h2H2,1H3,(H,6,7);/q;+1/p-1. The Morgan fingerprint density at radius 2 is 2.12 bits per heavy atom. The molecule has 0 heterocycles. The van der Waals surface area contributed by atoms with E-state index in [1.54, 1.807) is 0 Å². The first-order valence-corrected chi connectivity index (χ1v) is 2.81. The SMILES string of the molecule is CC(=O)CC(=O)[O][Mo]. The summed E-state index contributed by atoms with van der Waals surface area (Å²) in [6, 6.07) is 0. The van der Waals surface area contributed by atoms with Crippen molar-refractivity contribution in [3.8, 4) is 0 Å². The first-order valence-electron chi connectivity index (χ1n) is 1.99. The Kier molecular flexibility index (Phi) is 3.70. The molecule has 0 saturated heterocycles. The molecule has 0 saturated carbocycles. The van der Waals surface area contributed by atoms with Gasteiger partial charge in [0.15, 0.2) is 0 Å². The first kappa shape index (κ1) is 7.83. The summed E-state index contributed by atoms with van der Waals surface area (Å²) in [6.07, 6.45) is -0.112. The van der Waals surface area contributed by atoms with Crippen LogP contribution in [0.3, 0.4) is 0 Å². The normalized spacial score (nSPS) is 8.12. The van der Waals surface area contributed by atoms with Gasteiger partial charge in [-0.1, -0.05) is 0 Å². The number of carbonyl (C=O) groups is 2. The van der Waals surface area contributed by atoms with E-state index in [-0.39, 0.29) is 12.2 Å². The minimum atomic E-state index is -0.470. The van der Waals surface area contributed by atoms with Crippen LogP contribution in [0.2, 0.25) is 0 Å². The summed E-state index contributed by atoms with van der Waals surface area (Å²) in [7, 11) is 0. The maximum atomic E-state index is 10.2. The van der Waals surface area contributed by atoms with Crippen LogP contribution in [-0.4, -0.2) is 11.8 Å². The van der Waals surface area contributed by atoms with Gasteiger partial charge in [0.2, 0.25) is 0 Å². The average molecular weight is 197 g/mol. The number of hydrogen-bond acceptors (Lipinski definition) is 3. The van der Waals surface area contributed by atoms with Gasteiger partial charge < -0.3 is 0 Å². The molecule has 0 aliphatic heterocycles. The molecule has 0 fully saturated rings. The van der Waals surface area contributed by atoms with Crippen LogP contribution in [0.25, 0.3) is 0 Å². The summed E-state index contributed by atoms with van der Waals surface area (Å²) in [5, 5.41) is 0. The molecule has 0 aliphatic carbocycles. The molecule has 0 aromatic carbocycles. The van der Waals surface area contributed by atoms with Crippen molar-refractivity contribution >= 4 is 11.8 Å². The van der Waals surface area contributed by atoms with Crippen LogP contribution < -0.4 is 0 Å². The number of rotatable bonds is 2. The van der Waals surface area contributed by atoms with Gasteiger partial charge in [0, 0.05) is 0 Å². The van der Waals surface area contributed by atoms with Gasteiger partial charge in [-0.05, 0) is 0 Å². The number of Topliss-reactive ketones (excluding diaryl/α,β-unsaturated/α-hetero) is 1. The van der Waals surface area contributed by atoms with Crippen LogP contribution in [0.15, 0.2) is 0 Å². The molecule has 0 spiro atoms. The van der Waals surface area contributed by atoms with Gasteiger partial charge in [0.05, 0.1) is 0 Å². The third-order valence-electron chi connectivity index (χ3n) is 0.486. The van der Waals surface area contributed by atoms with Crippen LogP contribution in [0, 0.1) is 0 Å². The molecule has 0 atom stereocenters. The van der Waals surface area contributed by atoms with Gasteiger partial charge in [-0.3, -0.25) is 0 Å². The Morgan fingerprint density at radius 3 is 2.25 bits per heavy atom. The average Bonchev–Trinajstić information content (AvgIpc) is 1.65. The molecular formula is C4H5MoO3. The fraction of sp³-hybridized carbons (Fsp3) is 0.500. The molecule has 3 nitrogen and oxygen atoms in total. The van der Waals surface area contributed by atoms with E-state index in [4.69, 9.17) is 0 Å². The summed E-state index contributed by atoms with van der Waals surface area (Å²) < 4.78 is 4.21. The van der Waals surface area contributed by atoms with Gasteiger partial charge in [-0.2, -0.15) is 0 Å². The molecule has 0 rings (SSSR count). The number of ketones is 1. The first-order chi connectivity index (χ1) is 3.66. The predicted octanol–water partition coefficient (Wildman–Crippen LogP) is -0.0295. The van der Waals surface area contributed by atoms with Crippen molar-refractivity contribution in [3.63, 3.8) is 0 Å². The topological polar surface area (TPSA) is 43.4 Å². The molecule has 0 bridgehead atoms. The Balaban J connectivity index is 3.40. The van der Waals surface area contributed by atoms with Crippen molar-refractivity contribution in [2.45, 2.75) is 13.3 Å². The summed E-state index contributed by atoms with van der Waals surface area (Å²) in [5.41, 5.74) is 0. The van der Waals surface area contributed by atoms with Gasteiger partial charge in [0.25, 0.3) is 0 Å². The maximum absolute atomic E-state index is 10.2. The zero-order valence-electron chi connectivity index (χ0n) is 4.34. The van der Waals surface area contributed by atoms with Gasteiger partial charge >= 0.3 is 58.3 Å². The molecule has 0 unspecified atom stereocenters. The number of carbonyl (C=O) groups excluding carboxylic acids is 2. The molecule has 8 heavy (non-hydrogen) atoms. The van der Waals surface area contributed by atoms with Crippen molar-refractivity contribution in [3.05, 3.63) is 0 Å². The third kappa shape index (κ3) is 4.00. The second kappa shape index (κ2) is 3.78. The van der Waals surface area contributed by atoms with E-state index in [1.807, 2.05) is 0 Å². The Labute approximate surface area is 58.8 Å². The second-order valence-electron chi connectivity index (χ2n) is 1.33. The minimum absolute atomic E-state index is 0.112. The van der Waals surface area contributed by atoms with Crippen LogP contribution in [0.5, 0.6) is 0 Å². The van der Waals surface area contributed by atoms with E-state index in [1.165, 1.54) is 27.1 Å². The van der Waals surface area contributed by atoms with Crippen LogP contribution >= 0.6 is 0 Å². The van der Waals surface area contributed by atoms with Crippen molar-refractivity contribution in [2.75, 3.05) is 0 Å². The summed E-state index contributed by atoms with van der Waals surface area (Å²) in [6.45, 7) is 1.35. The monoisotopic (exact) mass is 199 g/mol. The summed E-state index contributed by atoms with van der Waals surface area (Å²) >= 11 is 1.19. The summed E-state index contributed by atoms with van der Waals surface area (Å²) in [4.78, 5) is 20.3.